The number of carbonyl (C=O) groups is 1. The molecule has 0 radical (unpaired) electrons. The molecule has 0 aliphatic heterocycles. The molecule has 0 aromatic heterocycles. The van der Waals surface area contributed by atoms with Crippen LogP contribution in [0.3, 0.4) is 0 Å². The number of nitrogens with two attached hydrogens (primary N) is 1. The van der Waals surface area contributed by atoms with E-state index < -0.39 is 6.04 Å². The fourth-order valence-corrected chi connectivity index (χ4v) is 1.92. The summed E-state index contributed by atoms with van der Waals surface area (Å²) < 4.78 is 0. The number of carbonyl (C=O) groups excluding carboxylic acids is 1. The summed E-state index contributed by atoms with van der Waals surface area (Å²) in [6.45, 7) is 2.30. The number of rotatable bonds is 4. The van der Waals surface area contributed by atoms with Crippen molar-refractivity contribution in [1.29, 1.82) is 5.26 Å². The monoisotopic (exact) mass is 243 g/mol. The molecule has 1 fully saturated rings. The highest BCUT2D eigenvalue weighted by Crippen LogP contribution is 2.28. The number of amides is 1. The van der Waals surface area contributed by atoms with Crippen LogP contribution in [0.1, 0.15) is 30.9 Å². The minimum absolute atomic E-state index is 0.00172. The Hall–Kier alpha value is -1.86. The van der Waals surface area contributed by atoms with E-state index >= 15 is 0 Å². The maximum Gasteiger partial charge on any atom is 0.239 e. The Bertz CT molecular complexity index is 469. The molecular weight excluding hydrogens is 226 g/mol. The van der Waals surface area contributed by atoms with E-state index in [-0.39, 0.29) is 5.91 Å². The molecule has 0 spiro atoms. The maximum absolute atomic E-state index is 12.0. The first-order chi connectivity index (χ1) is 8.61. The highest BCUT2D eigenvalue weighted by molar-refractivity contribution is 5.81. The molecule has 4 heteroatoms. The van der Waals surface area contributed by atoms with E-state index in [1.807, 2.05) is 17.0 Å². The zero-order valence-electron chi connectivity index (χ0n) is 10.5. The van der Waals surface area contributed by atoms with Gasteiger partial charge in [0.1, 0.15) is 0 Å². The van der Waals surface area contributed by atoms with Gasteiger partial charge in [-0.05, 0) is 37.5 Å². The van der Waals surface area contributed by atoms with Crippen molar-refractivity contribution in [2.45, 2.75) is 38.4 Å². The average molecular weight is 243 g/mol. The van der Waals surface area contributed by atoms with Gasteiger partial charge in [0.05, 0.1) is 17.7 Å². The Morgan fingerprint density at radius 2 is 2.11 bits per heavy atom. The van der Waals surface area contributed by atoms with Crippen LogP contribution >= 0.6 is 0 Å². The fraction of sp³-hybridized carbons (Fsp3) is 0.429. The summed E-state index contributed by atoms with van der Waals surface area (Å²) in [6.07, 6.45) is 2.13. The predicted octanol–water partition coefficient (Wildman–Crippen LogP) is 1.40. The van der Waals surface area contributed by atoms with Crippen molar-refractivity contribution in [3.8, 4) is 6.07 Å². The summed E-state index contributed by atoms with van der Waals surface area (Å²) in [7, 11) is 0. The molecular formula is C14H17N3O. The third-order valence-corrected chi connectivity index (χ3v) is 3.10. The topological polar surface area (TPSA) is 70.1 Å². The molecule has 1 aromatic carbocycles. The minimum Gasteiger partial charge on any atom is -0.334 e. The van der Waals surface area contributed by atoms with E-state index in [0.717, 1.165) is 18.4 Å². The second kappa shape index (κ2) is 5.19. The van der Waals surface area contributed by atoms with Crippen LogP contribution < -0.4 is 5.73 Å². The van der Waals surface area contributed by atoms with E-state index in [0.29, 0.717) is 18.2 Å². The summed E-state index contributed by atoms with van der Waals surface area (Å²) in [5.74, 6) is 0.00172. The molecule has 1 unspecified atom stereocenters. The first-order valence-corrected chi connectivity index (χ1v) is 6.17. The highest BCUT2D eigenvalue weighted by Gasteiger charge is 2.33. The van der Waals surface area contributed by atoms with Crippen LogP contribution in [0.4, 0.5) is 0 Å². The molecule has 0 bridgehead atoms. The van der Waals surface area contributed by atoms with Gasteiger partial charge in [0, 0.05) is 12.6 Å². The first kappa shape index (κ1) is 12.6. The normalized spacial score (nSPS) is 15.8. The molecule has 1 atom stereocenters. The zero-order valence-corrected chi connectivity index (χ0v) is 10.5. The molecule has 1 aliphatic carbocycles. The van der Waals surface area contributed by atoms with Gasteiger partial charge >= 0.3 is 0 Å². The maximum atomic E-state index is 12.0. The number of hydrogen-bond donors (Lipinski definition) is 1. The second-order valence-electron chi connectivity index (χ2n) is 4.79. The standard InChI is InChI=1S/C14H17N3O/c1-10(16)14(18)17(13-6-7-13)9-12-4-2-11(8-15)3-5-12/h2-5,10,13H,6-7,9,16H2,1H3. The lowest BCUT2D eigenvalue weighted by molar-refractivity contribution is -0.133. The largest absolute Gasteiger partial charge is 0.334 e. The van der Waals surface area contributed by atoms with Gasteiger partial charge < -0.3 is 10.6 Å². The van der Waals surface area contributed by atoms with E-state index in [4.69, 9.17) is 11.0 Å². The van der Waals surface area contributed by atoms with E-state index in [1.165, 1.54) is 0 Å². The number of benzene rings is 1. The van der Waals surface area contributed by atoms with Crippen molar-refractivity contribution in [3.05, 3.63) is 35.4 Å². The van der Waals surface area contributed by atoms with Crippen LogP contribution in [0.15, 0.2) is 24.3 Å². The van der Waals surface area contributed by atoms with Crippen LogP contribution in [0.25, 0.3) is 0 Å². The molecule has 1 aliphatic rings. The number of nitriles is 1. The van der Waals surface area contributed by atoms with Crippen LogP contribution in [0.5, 0.6) is 0 Å². The minimum atomic E-state index is -0.455. The van der Waals surface area contributed by atoms with E-state index in [2.05, 4.69) is 6.07 Å². The first-order valence-electron chi connectivity index (χ1n) is 6.17. The van der Waals surface area contributed by atoms with Gasteiger partial charge in [-0.25, -0.2) is 0 Å². The van der Waals surface area contributed by atoms with E-state index in [9.17, 15) is 4.79 Å². The number of hydrogen-bond acceptors (Lipinski definition) is 3. The Kier molecular flexibility index (Phi) is 3.63. The molecule has 0 saturated heterocycles. The highest BCUT2D eigenvalue weighted by atomic mass is 16.2. The lowest BCUT2D eigenvalue weighted by Crippen LogP contribution is -2.42. The van der Waals surface area contributed by atoms with E-state index in [1.54, 1.807) is 19.1 Å². The summed E-state index contributed by atoms with van der Waals surface area (Å²) in [6, 6.07) is 9.31. The quantitative estimate of drug-likeness (QED) is 0.868. The average Bonchev–Trinajstić information content (AvgIpc) is 3.20. The fourth-order valence-electron chi connectivity index (χ4n) is 1.92. The summed E-state index contributed by atoms with van der Waals surface area (Å²) in [4.78, 5) is 13.9. The van der Waals surface area contributed by atoms with Crippen LogP contribution in [0.2, 0.25) is 0 Å². The van der Waals surface area contributed by atoms with Gasteiger partial charge in [-0.1, -0.05) is 12.1 Å². The van der Waals surface area contributed by atoms with Crippen molar-refractivity contribution in [2.75, 3.05) is 0 Å². The van der Waals surface area contributed by atoms with Crippen LogP contribution in [-0.4, -0.2) is 22.9 Å². The molecule has 2 N–H and O–H groups in total. The third kappa shape index (κ3) is 2.88. The molecule has 2 rings (SSSR count). The summed E-state index contributed by atoms with van der Waals surface area (Å²) in [5.41, 5.74) is 7.34. The third-order valence-electron chi connectivity index (χ3n) is 3.10. The molecule has 0 heterocycles. The molecule has 18 heavy (non-hydrogen) atoms. The Morgan fingerprint density at radius 3 is 2.56 bits per heavy atom. The van der Waals surface area contributed by atoms with Crippen molar-refractivity contribution in [2.24, 2.45) is 5.73 Å². The molecule has 94 valence electrons. The second-order valence-corrected chi connectivity index (χ2v) is 4.79. The molecule has 1 saturated carbocycles. The van der Waals surface area contributed by atoms with Crippen molar-refractivity contribution >= 4 is 5.91 Å². The molecule has 1 amide bonds. The SMILES string of the molecule is CC(N)C(=O)N(Cc1ccc(C#N)cc1)C1CC1. The lowest BCUT2D eigenvalue weighted by atomic mass is 10.1. The van der Waals surface area contributed by atoms with Gasteiger partial charge in [-0.3, -0.25) is 4.79 Å². The zero-order chi connectivity index (χ0) is 13.1. The van der Waals surface area contributed by atoms with Crippen molar-refractivity contribution < 1.29 is 4.79 Å². The Morgan fingerprint density at radius 1 is 1.50 bits per heavy atom. The smallest absolute Gasteiger partial charge is 0.239 e. The Labute approximate surface area is 107 Å². The Balaban J connectivity index is 2.09. The summed E-state index contributed by atoms with van der Waals surface area (Å²) >= 11 is 0. The van der Waals surface area contributed by atoms with Crippen LogP contribution in [-0.2, 0) is 11.3 Å². The van der Waals surface area contributed by atoms with Gasteiger partial charge in [0.15, 0.2) is 0 Å². The van der Waals surface area contributed by atoms with Gasteiger partial charge in [0.25, 0.3) is 0 Å². The molecule has 1 aromatic rings. The van der Waals surface area contributed by atoms with Crippen molar-refractivity contribution in [1.82, 2.24) is 4.90 Å². The lowest BCUT2D eigenvalue weighted by Gasteiger charge is -2.24. The number of nitrogens with zero attached hydrogens (tertiary/aromatic N) is 2. The molecule has 4 nitrogen and oxygen atoms in total. The van der Waals surface area contributed by atoms with Gasteiger partial charge in [0.2, 0.25) is 5.91 Å². The van der Waals surface area contributed by atoms with Crippen LogP contribution in [0, 0.1) is 11.3 Å². The van der Waals surface area contributed by atoms with Gasteiger partial charge in [-0.2, -0.15) is 5.26 Å². The van der Waals surface area contributed by atoms with Crippen molar-refractivity contribution in [3.63, 3.8) is 0 Å². The predicted molar refractivity (Wildman–Crippen MR) is 68.4 cm³/mol. The summed E-state index contributed by atoms with van der Waals surface area (Å²) in [5, 5.41) is 8.74. The van der Waals surface area contributed by atoms with Gasteiger partial charge in [-0.15, -0.1) is 0 Å².